The number of esters is 1. The topological polar surface area (TPSA) is 64.6 Å². The first-order valence-electron chi connectivity index (χ1n) is 9.61. The quantitative estimate of drug-likeness (QED) is 0.345. The van der Waals surface area contributed by atoms with Crippen LogP contribution in [-0.2, 0) is 9.53 Å². The van der Waals surface area contributed by atoms with E-state index in [4.69, 9.17) is 21.1 Å². The molecule has 0 spiro atoms. The van der Waals surface area contributed by atoms with Crippen LogP contribution in [-0.4, -0.2) is 24.6 Å². The van der Waals surface area contributed by atoms with Crippen LogP contribution in [0.1, 0.15) is 49.5 Å². The molecule has 0 saturated carbocycles. The molecule has 0 heterocycles. The fourth-order valence-electron chi connectivity index (χ4n) is 2.38. The molecule has 2 rings (SSSR count). The van der Waals surface area contributed by atoms with Crippen LogP contribution in [0.5, 0.6) is 5.75 Å². The summed E-state index contributed by atoms with van der Waals surface area (Å²) in [4.78, 5) is 25.1. The Morgan fingerprint density at radius 2 is 1.72 bits per heavy atom. The van der Waals surface area contributed by atoms with Gasteiger partial charge in [0.05, 0.1) is 12.7 Å². The molecule has 2 aromatic carbocycles. The van der Waals surface area contributed by atoms with Crippen molar-refractivity contribution in [3.8, 4) is 5.75 Å². The molecule has 0 radical (unpaired) electrons. The van der Waals surface area contributed by atoms with Crippen LogP contribution in [0.2, 0.25) is 5.02 Å². The van der Waals surface area contributed by atoms with Crippen molar-refractivity contribution in [3.05, 3.63) is 70.4 Å². The number of hydrogen-bond acceptors (Lipinski definition) is 4. The van der Waals surface area contributed by atoms with Crippen molar-refractivity contribution in [2.75, 3.05) is 6.61 Å². The molecule has 2 aromatic rings. The van der Waals surface area contributed by atoms with Crippen molar-refractivity contribution in [3.63, 3.8) is 0 Å². The highest BCUT2D eigenvalue weighted by Crippen LogP contribution is 2.15. The zero-order valence-corrected chi connectivity index (χ0v) is 17.7. The molecule has 0 fully saturated rings. The van der Waals surface area contributed by atoms with Gasteiger partial charge in [-0.3, -0.25) is 4.79 Å². The molecule has 0 bridgehead atoms. The van der Waals surface area contributed by atoms with Crippen LogP contribution in [0.3, 0.4) is 0 Å². The average molecular weight is 416 g/mol. The number of rotatable bonds is 9. The van der Waals surface area contributed by atoms with Gasteiger partial charge in [-0.15, -0.1) is 0 Å². The first-order valence-corrected chi connectivity index (χ1v) is 9.99. The van der Waals surface area contributed by atoms with Crippen LogP contribution >= 0.6 is 11.6 Å². The monoisotopic (exact) mass is 415 g/mol. The fourth-order valence-corrected chi connectivity index (χ4v) is 2.51. The predicted molar refractivity (Wildman–Crippen MR) is 115 cm³/mol. The van der Waals surface area contributed by atoms with Crippen molar-refractivity contribution in [1.82, 2.24) is 5.32 Å². The van der Waals surface area contributed by atoms with Gasteiger partial charge < -0.3 is 14.8 Å². The van der Waals surface area contributed by atoms with E-state index < -0.39 is 11.9 Å². The number of carbonyl (C=O) groups excluding carboxylic acids is 2. The summed E-state index contributed by atoms with van der Waals surface area (Å²) < 4.78 is 10.9. The van der Waals surface area contributed by atoms with Crippen molar-refractivity contribution in [2.24, 2.45) is 0 Å². The van der Waals surface area contributed by atoms with Crippen molar-refractivity contribution < 1.29 is 19.1 Å². The van der Waals surface area contributed by atoms with Gasteiger partial charge in [-0.2, -0.15) is 0 Å². The molecule has 0 aliphatic rings. The Morgan fingerprint density at radius 1 is 1.07 bits per heavy atom. The lowest BCUT2D eigenvalue weighted by Gasteiger charge is -2.13. The zero-order valence-electron chi connectivity index (χ0n) is 16.9. The van der Waals surface area contributed by atoms with E-state index in [0.29, 0.717) is 28.5 Å². The lowest BCUT2D eigenvalue weighted by atomic mass is 10.1. The molecule has 0 unspecified atom stereocenters. The van der Waals surface area contributed by atoms with E-state index in [1.54, 1.807) is 68.5 Å². The average Bonchev–Trinajstić information content (AvgIpc) is 2.69. The first kappa shape index (κ1) is 22.5. The Bertz CT molecular complexity index is 842. The number of unbranched alkanes of at least 4 members (excludes halogenated alkanes) is 1. The molecule has 1 amide bonds. The van der Waals surface area contributed by atoms with E-state index in [-0.39, 0.29) is 11.8 Å². The Hall–Kier alpha value is -2.79. The first-order chi connectivity index (χ1) is 13.9. The molecule has 0 atom stereocenters. The van der Waals surface area contributed by atoms with E-state index in [2.05, 4.69) is 12.2 Å². The molecule has 29 heavy (non-hydrogen) atoms. The molecular formula is C23H26ClNO4. The number of halogens is 1. The van der Waals surface area contributed by atoms with Gasteiger partial charge in [-0.25, -0.2) is 4.79 Å². The van der Waals surface area contributed by atoms with Gasteiger partial charge in [0.25, 0.3) is 5.91 Å². The summed E-state index contributed by atoms with van der Waals surface area (Å²) in [5, 5.41) is 3.23. The summed E-state index contributed by atoms with van der Waals surface area (Å²) in [5.74, 6) is -0.319. The second kappa shape index (κ2) is 11.3. The van der Waals surface area contributed by atoms with E-state index in [9.17, 15) is 9.59 Å². The molecule has 0 aromatic heterocycles. The van der Waals surface area contributed by atoms with Gasteiger partial charge >= 0.3 is 5.97 Å². The number of nitrogens with one attached hydrogen (secondary N) is 1. The minimum Gasteiger partial charge on any atom is -0.494 e. The van der Waals surface area contributed by atoms with E-state index >= 15 is 0 Å². The Morgan fingerprint density at radius 3 is 2.31 bits per heavy atom. The fraction of sp³-hybridized carbons (Fsp3) is 0.304. The summed E-state index contributed by atoms with van der Waals surface area (Å²) in [5.41, 5.74) is 1.17. The van der Waals surface area contributed by atoms with E-state index in [0.717, 1.165) is 12.8 Å². The minimum absolute atomic E-state index is 0.0503. The van der Waals surface area contributed by atoms with Crippen LogP contribution in [0.15, 0.2) is 54.2 Å². The van der Waals surface area contributed by atoms with Crippen molar-refractivity contribution >= 4 is 29.6 Å². The lowest BCUT2D eigenvalue weighted by Crippen LogP contribution is -2.29. The third-order valence-electron chi connectivity index (χ3n) is 3.87. The van der Waals surface area contributed by atoms with Gasteiger partial charge in [0.2, 0.25) is 0 Å². The maximum absolute atomic E-state index is 12.6. The maximum Gasteiger partial charge on any atom is 0.355 e. The van der Waals surface area contributed by atoms with Gasteiger partial charge in [0.1, 0.15) is 11.4 Å². The smallest absolute Gasteiger partial charge is 0.355 e. The molecule has 154 valence electrons. The van der Waals surface area contributed by atoms with Gasteiger partial charge in [0.15, 0.2) is 0 Å². The summed E-state index contributed by atoms with van der Waals surface area (Å²) in [6, 6.07) is 13.7. The van der Waals surface area contributed by atoms with Crippen molar-refractivity contribution in [2.45, 2.75) is 39.7 Å². The maximum atomic E-state index is 12.6. The highest BCUT2D eigenvalue weighted by molar-refractivity contribution is 6.30. The molecule has 0 saturated heterocycles. The second-order valence-electron chi connectivity index (χ2n) is 6.74. The van der Waals surface area contributed by atoms with Gasteiger partial charge in [0, 0.05) is 10.6 Å². The van der Waals surface area contributed by atoms with Crippen LogP contribution in [0, 0.1) is 0 Å². The number of hydrogen-bond donors (Lipinski definition) is 1. The third kappa shape index (κ3) is 7.62. The van der Waals surface area contributed by atoms with Crippen LogP contribution in [0.25, 0.3) is 6.08 Å². The van der Waals surface area contributed by atoms with E-state index in [1.807, 2.05) is 0 Å². The molecule has 1 N–H and O–H groups in total. The molecule has 5 nitrogen and oxygen atoms in total. The number of ether oxygens (including phenoxy) is 2. The highest BCUT2D eigenvalue weighted by Gasteiger charge is 2.17. The van der Waals surface area contributed by atoms with Crippen molar-refractivity contribution in [1.29, 1.82) is 0 Å². The second-order valence-corrected chi connectivity index (χ2v) is 7.18. The Kier molecular flexibility index (Phi) is 8.74. The van der Waals surface area contributed by atoms with Crippen LogP contribution < -0.4 is 10.1 Å². The SMILES string of the molecule is CCCCOc1ccc(C(=O)N/C(=C/c2ccc(Cl)cc2)C(=O)OC(C)C)cc1. The minimum atomic E-state index is -0.609. The summed E-state index contributed by atoms with van der Waals surface area (Å²) >= 11 is 5.90. The summed E-state index contributed by atoms with van der Waals surface area (Å²) in [7, 11) is 0. The molecule has 0 aliphatic heterocycles. The molecule has 0 aliphatic carbocycles. The third-order valence-corrected chi connectivity index (χ3v) is 4.13. The van der Waals surface area contributed by atoms with Gasteiger partial charge in [-0.1, -0.05) is 37.1 Å². The molecule has 6 heteroatoms. The summed E-state index contributed by atoms with van der Waals surface area (Å²) in [6.07, 6.45) is 3.27. The normalized spacial score (nSPS) is 11.3. The summed E-state index contributed by atoms with van der Waals surface area (Å²) in [6.45, 7) is 6.22. The zero-order chi connectivity index (χ0) is 21.2. The van der Waals surface area contributed by atoms with E-state index in [1.165, 1.54) is 0 Å². The Labute approximate surface area is 176 Å². The van der Waals surface area contributed by atoms with Gasteiger partial charge in [-0.05, 0) is 68.3 Å². The standard InChI is InChI=1S/C23H26ClNO4/c1-4-5-14-28-20-12-8-18(9-13-20)22(26)25-21(23(27)29-16(2)3)15-17-6-10-19(24)11-7-17/h6-13,15-16H,4-5,14H2,1-3H3,(H,25,26)/b21-15+. The Balaban J connectivity index is 2.15. The van der Waals surface area contributed by atoms with Crippen LogP contribution in [0.4, 0.5) is 0 Å². The number of benzene rings is 2. The molecular weight excluding hydrogens is 390 g/mol. The number of carbonyl (C=O) groups is 2. The predicted octanol–water partition coefficient (Wildman–Crippen LogP) is 5.24. The lowest BCUT2D eigenvalue weighted by molar-refractivity contribution is -0.142. The highest BCUT2D eigenvalue weighted by atomic mass is 35.5. The number of amides is 1. The largest absolute Gasteiger partial charge is 0.494 e.